The van der Waals surface area contributed by atoms with Gasteiger partial charge in [0.15, 0.2) is 5.11 Å². The quantitative estimate of drug-likeness (QED) is 0.0327. The maximum atomic E-state index is 13.9. The average molecular weight is 1030 g/mol. The van der Waals surface area contributed by atoms with Crippen LogP contribution in [0.5, 0.6) is 11.5 Å². The molecular weight excluding hydrogens is 969 g/mol. The van der Waals surface area contributed by atoms with E-state index in [2.05, 4.69) is 36.6 Å². The predicted octanol–water partition coefficient (Wildman–Crippen LogP) is 4.24. The van der Waals surface area contributed by atoms with Gasteiger partial charge >= 0.3 is 11.9 Å². The number of amides is 5. The highest BCUT2D eigenvalue weighted by Gasteiger charge is 2.32. The van der Waals surface area contributed by atoms with Crippen molar-refractivity contribution in [2.24, 2.45) is 10.7 Å². The highest BCUT2D eigenvalue weighted by atomic mass is 32.1. The van der Waals surface area contributed by atoms with Crippen LogP contribution in [0.25, 0.3) is 16.5 Å². The van der Waals surface area contributed by atoms with Crippen molar-refractivity contribution in [1.82, 2.24) is 31.6 Å². The zero-order valence-electron chi connectivity index (χ0n) is 41.9. The van der Waals surface area contributed by atoms with Gasteiger partial charge < -0.3 is 62.1 Å². The lowest BCUT2D eigenvalue weighted by molar-refractivity contribution is -0.138. The summed E-state index contributed by atoms with van der Waals surface area (Å²) < 4.78 is 6.42. The number of unbranched alkanes of at least 4 members (excludes halogenated alkanes) is 2. The van der Waals surface area contributed by atoms with E-state index < -0.39 is 66.0 Å². The second kappa shape index (κ2) is 25.4. The molecule has 10 N–H and O–H groups in total. The fourth-order valence-electron chi connectivity index (χ4n) is 8.46. The normalized spacial score (nSPS) is 14.3. The van der Waals surface area contributed by atoms with Crippen molar-refractivity contribution in [3.8, 4) is 11.5 Å². The number of ether oxygens (including phenoxy) is 1. The fraction of sp³-hybridized carbons (Fsp3) is 0.340. The number of H-pyrrole nitrogens is 1. The summed E-state index contributed by atoms with van der Waals surface area (Å²) in [6.07, 6.45) is 7.09. The van der Waals surface area contributed by atoms with Crippen LogP contribution in [0.15, 0.2) is 101 Å². The number of nitrogens with two attached hydrogens (primary N) is 1. The first kappa shape index (κ1) is 55.0. The first-order chi connectivity index (χ1) is 35.3. The van der Waals surface area contributed by atoms with Crippen LogP contribution in [0.2, 0.25) is 0 Å². The second-order valence-electron chi connectivity index (χ2n) is 18.2. The molecule has 0 bridgehead atoms. The van der Waals surface area contributed by atoms with Crippen LogP contribution in [0.4, 0.5) is 11.4 Å². The number of carbonyl (C=O) groups is 7. The van der Waals surface area contributed by atoms with Gasteiger partial charge in [0.1, 0.15) is 29.6 Å². The predicted molar refractivity (Wildman–Crippen MR) is 286 cm³/mol. The highest BCUT2D eigenvalue weighted by Crippen LogP contribution is 2.48. The number of nitrogens with one attached hydrogen (secondary N) is 6. The van der Waals surface area contributed by atoms with Gasteiger partial charge in [-0.2, -0.15) is 0 Å². The molecule has 20 nitrogen and oxygen atoms in total. The number of nitrogens with zero attached hydrogens (tertiary/aromatic N) is 3. The maximum Gasteiger partial charge on any atom is 0.336 e. The summed E-state index contributed by atoms with van der Waals surface area (Å²) in [5.74, 6) is -4.50. The van der Waals surface area contributed by atoms with Gasteiger partial charge in [-0.05, 0) is 91.5 Å². The number of fused-ring (bicyclic) bond motifs is 3. The zero-order chi connectivity index (χ0) is 53.6. The molecule has 3 atom stereocenters. The van der Waals surface area contributed by atoms with Crippen molar-refractivity contribution in [1.29, 1.82) is 0 Å². The lowest BCUT2D eigenvalue weighted by Crippen LogP contribution is -2.57. The Bertz CT molecular complexity index is 2900. The molecule has 390 valence electrons. The lowest BCUT2D eigenvalue weighted by Gasteiger charge is -2.28. The van der Waals surface area contributed by atoms with Crippen molar-refractivity contribution in [2.75, 3.05) is 51.6 Å². The molecule has 0 saturated carbocycles. The van der Waals surface area contributed by atoms with Gasteiger partial charge in [0.25, 0.3) is 0 Å². The molecule has 74 heavy (non-hydrogen) atoms. The van der Waals surface area contributed by atoms with Crippen LogP contribution in [0.3, 0.4) is 0 Å². The van der Waals surface area contributed by atoms with E-state index in [1.807, 2.05) is 98.7 Å². The third-order valence-electron chi connectivity index (χ3n) is 12.4. The molecule has 2 aliphatic rings. The minimum absolute atomic E-state index is 0.0177. The highest BCUT2D eigenvalue weighted by molar-refractivity contribution is 7.80. The number of primary amides is 1. The number of rotatable bonds is 23. The van der Waals surface area contributed by atoms with Crippen molar-refractivity contribution in [3.63, 3.8) is 0 Å². The van der Waals surface area contributed by atoms with Crippen LogP contribution >= 0.6 is 12.2 Å². The Morgan fingerprint density at radius 3 is 2.00 bits per heavy atom. The second-order valence-corrected chi connectivity index (χ2v) is 18.6. The van der Waals surface area contributed by atoms with Crippen LogP contribution in [0, 0.1) is 0 Å². The fourth-order valence-corrected chi connectivity index (χ4v) is 8.66. The largest absolute Gasteiger partial charge is 0.481 e. The average Bonchev–Trinajstić information content (AvgIpc) is 3.78. The topological polar surface area (TPSA) is 290 Å². The van der Waals surface area contributed by atoms with Gasteiger partial charge in [-0.3, -0.25) is 28.8 Å². The number of allylic oxidation sites excluding steroid dienone is 3. The summed E-state index contributed by atoms with van der Waals surface area (Å²) in [7, 11) is 9.07. The number of para-hydroxylation sites is 1. The first-order valence-electron chi connectivity index (χ1n) is 24.1. The Labute approximate surface area is 433 Å². The number of hydrogen-bond acceptors (Lipinski definition) is 11. The number of carboxylic acid groups (broad SMARTS) is 2. The van der Waals surface area contributed by atoms with Crippen molar-refractivity contribution >= 4 is 92.4 Å². The number of anilines is 2. The number of aliphatic carboxylic acids is 2. The Balaban J connectivity index is 1.06. The van der Waals surface area contributed by atoms with E-state index in [9.17, 15) is 43.8 Å². The van der Waals surface area contributed by atoms with Crippen LogP contribution in [0.1, 0.15) is 68.1 Å². The summed E-state index contributed by atoms with van der Waals surface area (Å²) in [6.45, 7) is 0.393. The van der Waals surface area contributed by atoms with Gasteiger partial charge in [0.2, 0.25) is 29.5 Å². The standard InChI is InChI=1S/C53H62N10O10S/c1-55-49(68)40(21-23-47(66)67)60-51(70)42(25-30-29-57-39-12-9-8-11-34(30)39)61-50(69)41(20-22-45(54)64)59-46(65)13-7-6-10-24-56-53(74)58-31-14-17-35(38(26-31)52(71)72)48-36-18-15-32(62(2)3)27-43(36)73-44-28-33(63(4)5)16-19-37(44)48/h8-9,11-12,14-19,26-29,40-42,57H,6-7,10,13,20-25H2,1-5H3,(H2,54,64)(H,55,68)(H,56,74)(H,59,65)(H,60,70)(H,61,69)(H,66,67)(H,71,72)/t40-,41-,42-/m0/s1. The van der Waals surface area contributed by atoms with E-state index in [0.717, 1.165) is 33.4 Å². The number of carboxylic acids is 2. The van der Waals surface area contributed by atoms with Gasteiger partial charge in [0, 0.05) is 125 Å². The van der Waals surface area contributed by atoms with E-state index in [1.54, 1.807) is 18.3 Å². The van der Waals surface area contributed by atoms with Crippen molar-refractivity contribution < 1.29 is 48.5 Å². The monoisotopic (exact) mass is 1030 g/mol. The van der Waals surface area contributed by atoms with Crippen LogP contribution in [-0.4, -0.2) is 127 Å². The molecular formula is C53H62N10O10S. The summed E-state index contributed by atoms with van der Waals surface area (Å²) >= 11 is 5.51. The van der Waals surface area contributed by atoms with Crippen LogP contribution in [-0.2, 0) is 40.0 Å². The zero-order valence-corrected chi connectivity index (χ0v) is 42.7. The SMILES string of the molecule is CNC(=O)[C@H](CCC(=O)O)NC(=O)[C@H](Cc1c[nH]c2ccccc12)NC(=O)[C@H](CCC(N)=O)NC(=O)CCCCCNC(=S)N=C1C=CC(=C2c3ccc(N(C)C)cc3Oc3cc(N(C)C)ccc32)C(C(=O)O)=C1. The number of thiocarbonyl (C=S) groups is 1. The number of aromatic nitrogens is 1. The molecule has 3 aromatic carbocycles. The molecule has 1 aliphatic heterocycles. The van der Waals surface area contributed by atoms with Crippen LogP contribution < -0.4 is 46.9 Å². The minimum Gasteiger partial charge on any atom is -0.481 e. The number of benzene rings is 3. The van der Waals surface area contributed by atoms with E-state index >= 15 is 0 Å². The molecule has 2 heterocycles. The van der Waals surface area contributed by atoms with Gasteiger partial charge in [0.05, 0.1) is 11.3 Å². The van der Waals surface area contributed by atoms with Gasteiger partial charge in [-0.25, -0.2) is 9.79 Å². The molecule has 1 aromatic heterocycles. The molecule has 0 unspecified atom stereocenters. The molecule has 5 amide bonds. The summed E-state index contributed by atoms with van der Waals surface area (Å²) in [5, 5.41) is 34.1. The van der Waals surface area contributed by atoms with Crippen molar-refractivity contribution in [3.05, 3.63) is 113 Å². The molecule has 4 aromatic rings. The van der Waals surface area contributed by atoms with Crippen molar-refractivity contribution in [2.45, 2.75) is 75.9 Å². The number of aliphatic imine (C=N–C) groups is 1. The smallest absolute Gasteiger partial charge is 0.336 e. The molecule has 0 fully saturated rings. The van der Waals surface area contributed by atoms with E-state index in [0.29, 0.717) is 59.7 Å². The number of hydrogen-bond donors (Lipinski definition) is 9. The molecule has 0 spiro atoms. The Kier molecular flexibility index (Phi) is 18.8. The number of aromatic amines is 1. The number of likely N-dealkylation sites (N-methyl/N-ethyl adjacent to an activating group) is 1. The van der Waals surface area contributed by atoms with E-state index in [4.69, 9.17) is 22.7 Å². The molecule has 6 rings (SSSR count). The number of carbonyl (C=O) groups excluding carboxylic acids is 5. The maximum absolute atomic E-state index is 13.9. The summed E-state index contributed by atoms with van der Waals surface area (Å²) in [6, 6.07) is 15.1. The Morgan fingerprint density at radius 2 is 1.38 bits per heavy atom. The first-order valence-corrected chi connectivity index (χ1v) is 24.5. The summed E-state index contributed by atoms with van der Waals surface area (Å²) in [4.78, 5) is 101. The van der Waals surface area contributed by atoms with E-state index in [1.165, 1.54) is 13.1 Å². The van der Waals surface area contributed by atoms with Gasteiger partial charge in [-0.1, -0.05) is 30.7 Å². The minimum atomic E-state index is -1.29. The lowest BCUT2D eigenvalue weighted by atomic mass is 9.84. The third-order valence-corrected chi connectivity index (χ3v) is 12.6. The van der Waals surface area contributed by atoms with E-state index in [-0.39, 0.29) is 42.8 Å². The Morgan fingerprint density at radius 1 is 0.757 bits per heavy atom. The summed E-state index contributed by atoms with van der Waals surface area (Å²) in [5.41, 5.74) is 11.7. The molecule has 0 radical (unpaired) electrons. The molecule has 1 aliphatic carbocycles. The molecule has 0 saturated heterocycles. The molecule has 21 heteroatoms. The Hall–Kier alpha value is -8.33. The third kappa shape index (κ3) is 14.4. The van der Waals surface area contributed by atoms with Gasteiger partial charge in [-0.15, -0.1) is 0 Å².